The van der Waals surface area contributed by atoms with Crippen LogP contribution in [0.15, 0.2) is 24.3 Å². The van der Waals surface area contributed by atoms with Crippen LogP contribution < -0.4 is 10.5 Å². The van der Waals surface area contributed by atoms with Gasteiger partial charge >= 0.3 is 0 Å². The third-order valence-electron chi connectivity index (χ3n) is 3.43. The Hall–Kier alpha value is -1.22. The van der Waals surface area contributed by atoms with Gasteiger partial charge < -0.3 is 15.2 Å². The molecule has 0 unspecified atom stereocenters. The lowest BCUT2D eigenvalue weighted by Crippen LogP contribution is -2.16. The zero-order chi connectivity index (χ0) is 12.6. The first-order chi connectivity index (χ1) is 8.84. The number of benzene rings is 1. The van der Waals surface area contributed by atoms with Crippen molar-refractivity contribution in [3.05, 3.63) is 24.3 Å². The number of hydrogen-bond donors (Lipinski definition) is 1. The van der Waals surface area contributed by atoms with E-state index in [9.17, 15) is 0 Å². The van der Waals surface area contributed by atoms with Crippen LogP contribution in [-0.4, -0.2) is 19.8 Å². The van der Waals surface area contributed by atoms with Gasteiger partial charge in [0.25, 0.3) is 0 Å². The van der Waals surface area contributed by atoms with Crippen molar-refractivity contribution in [2.45, 2.75) is 32.1 Å². The highest BCUT2D eigenvalue weighted by Crippen LogP contribution is 2.23. The molecule has 1 aliphatic rings. The molecule has 1 saturated carbocycles. The minimum Gasteiger partial charge on any atom is -0.491 e. The Morgan fingerprint density at radius 1 is 1.11 bits per heavy atom. The normalized spacial score (nSPS) is 16.7. The lowest BCUT2D eigenvalue weighted by atomic mass is 9.90. The summed E-state index contributed by atoms with van der Waals surface area (Å²) in [6.45, 7) is 2.14. The Morgan fingerprint density at radius 3 is 2.72 bits per heavy atom. The van der Waals surface area contributed by atoms with Gasteiger partial charge in [-0.25, -0.2) is 0 Å². The van der Waals surface area contributed by atoms with Crippen molar-refractivity contribution in [2.75, 3.05) is 25.6 Å². The first-order valence-electron chi connectivity index (χ1n) is 6.90. The van der Waals surface area contributed by atoms with Gasteiger partial charge in [0, 0.05) is 18.4 Å². The summed E-state index contributed by atoms with van der Waals surface area (Å²) >= 11 is 0. The Labute approximate surface area is 109 Å². The van der Waals surface area contributed by atoms with Crippen LogP contribution in [0.4, 0.5) is 5.69 Å². The summed E-state index contributed by atoms with van der Waals surface area (Å²) in [7, 11) is 0. The number of nitrogen functional groups attached to an aromatic ring is 1. The summed E-state index contributed by atoms with van der Waals surface area (Å²) in [5, 5.41) is 0. The van der Waals surface area contributed by atoms with E-state index in [-0.39, 0.29) is 0 Å². The predicted octanol–water partition coefficient (Wildman–Crippen LogP) is 3.24. The van der Waals surface area contributed by atoms with Crippen LogP contribution in [0.5, 0.6) is 5.75 Å². The second kappa shape index (κ2) is 7.27. The highest BCUT2D eigenvalue weighted by molar-refractivity contribution is 5.43. The molecule has 0 aliphatic heterocycles. The quantitative estimate of drug-likeness (QED) is 0.621. The summed E-state index contributed by atoms with van der Waals surface area (Å²) in [5.41, 5.74) is 6.41. The van der Waals surface area contributed by atoms with Crippen molar-refractivity contribution in [3.8, 4) is 5.75 Å². The molecule has 0 bridgehead atoms. The van der Waals surface area contributed by atoms with E-state index in [0.717, 1.165) is 24.0 Å². The number of ether oxygens (including phenoxy) is 2. The van der Waals surface area contributed by atoms with Gasteiger partial charge in [-0.1, -0.05) is 25.3 Å². The van der Waals surface area contributed by atoms with Gasteiger partial charge in [0.1, 0.15) is 12.4 Å². The van der Waals surface area contributed by atoms with E-state index in [1.807, 2.05) is 24.3 Å². The molecule has 1 fully saturated rings. The van der Waals surface area contributed by atoms with Gasteiger partial charge in [0.2, 0.25) is 0 Å². The topological polar surface area (TPSA) is 44.5 Å². The molecule has 0 atom stereocenters. The Balaban J connectivity index is 1.55. The summed E-state index contributed by atoms with van der Waals surface area (Å²) in [5.74, 6) is 1.59. The monoisotopic (exact) mass is 249 g/mol. The molecule has 2 rings (SSSR count). The number of nitrogens with two attached hydrogens (primary N) is 1. The zero-order valence-corrected chi connectivity index (χ0v) is 10.9. The molecule has 1 aliphatic carbocycles. The highest BCUT2D eigenvalue weighted by Gasteiger charge is 2.12. The van der Waals surface area contributed by atoms with E-state index in [0.29, 0.717) is 13.2 Å². The fourth-order valence-electron chi connectivity index (χ4n) is 2.43. The van der Waals surface area contributed by atoms with Crippen LogP contribution in [0, 0.1) is 5.92 Å². The molecule has 3 nitrogen and oxygen atoms in total. The second-order valence-electron chi connectivity index (χ2n) is 5.00. The van der Waals surface area contributed by atoms with Gasteiger partial charge in [0.15, 0.2) is 0 Å². The molecule has 0 radical (unpaired) electrons. The average molecular weight is 249 g/mol. The Kier molecular flexibility index (Phi) is 5.34. The molecule has 0 spiro atoms. The first-order valence-corrected chi connectivity index (χ1v) is 6.90. The van der Waals surface area contributed by atoms with Crippen molar-refractivity contribution in [2.24, 2.45) is 5.92 Å². The minimum absolute atomic E-state index is 0.593. The molecule has 100 valence electrons. The lowest BCUT2D eigenvalue weighted by Gasteiger charge is -2.21. The third-order valence-corrected chi connectivity index (χ3v) is 3.43. The van der Waals surface area contributed by atoms with Gasteiger partial charge in [-0.15, -0.1) is 0 Å². The van der Waals surface area contributed by atoms with Crippen LogP contribution in [0.3, 0.4) is 0 Å². The third kappa shape index (κ3) is 4.57. The SMILES string of the molecule is Nc1cccc(OCCOCC2CCCCC2)c1. The summed E-state index contributed by atoms with van der Waals surface area (Å²) in [4.78, 5) is 0. The maximum absolute atomic E-state index is 5.68. The number of rotatable bonds is 6. The van der Waals surface area contributed by atoms with Crippen molar-refractivity contribution in [1.82, 2.24) is 0 Å². The molecular weight excluding hydrogens is 226 g/mol. The molecular formula is C15H23NO2. The van der Waals surface area contributed by atoms with Gasteiger partial charge in [-0.2, -0.15) is 0 Å². The second-order valence-corrected chi connectivity index (χ2v) is 5.00. The molecule has 0 amide bonds. The van der Waals surface area contributed by atoms with Crippen molar-refractivity contribution in [1.29, 1.82) is 0 Å². The fraction of sp³-hybridized carbons (Fsp3) is 0.600. The van der Waals surface area contributed by atoms with Crippen LogP contribution >= 0.6 is 0 Å². The van der Waals surface area contributed by atoms with Crippen LogP contribution in [0.25, 0.3) is 0 Å². The minimum atomic E-state index is 0.593. The maximum atomic E-state index is 5.68. The first kappa shape index (κ1) is 13.2. The maximum Gasteiger partial charge on any atom is 0.121 e. The van der Waals surface area contributed by atoms with E-state index in [2.05, 4.69) is 0 Å². The van der Waals surface area contributed by atoms with Crippen LogP contribution in [-0.2, 0) is 4.74 Å². The van der Waals surface area contributed by atoms with Gasteiger partial charge in [0.05, 0.1) is 6.61 Å². The molecule has 1 aromatic carbocycles. The molecule has 2 N–H and O–H groups in total. The van der Waals surface area contributed by atoms with Crippen molar-refractivity contribution < 1.29 is 9.47 Å². The molecule has 0 aromatic heterocycles. The van der Waals surface area contributed by atoms with E-state index < -0.39 is 0 Å². The molecule has 0 heterocycles. The zero-order valence-electron chi connectivity index (χ0n) is 10.9. The van der Waals surface area contributed by atoms with Crippen LogP contribution in [0.1, 0.15) is 32.1 Å². The Bertz CT molecular complexity index is 348. The van der Waals surface area contributed by atoms with Crippen molar-refractivity contribution >= 4 is 5.69 Å². The summed E-state index contributed by atoms with van der Waals surface area (Å²) in [6.07, 6.45) is 6.79. The van der Waals surface area contributed by atoms with E-state index in [1.165, 1.54) is 32.1 Å². The van der Waals surface area contributed by atoms with Gasteiger partial charge in [-0.3, -0.25) is 0 Å². The molecule has 1 aromatic rings. The van der Waals surface area contributed by atoms with Crippen LogP contribution in [0.2, 0.25) is 0 Å². The highest BCUT2D eigenvalue weighted by atomic mass is 16.5. The average Bonchev–Trinajstić information content (AvgIpc) is 2.40. The van der Waals surface area contributed by atoms with Gasteiger partial charge in [-0.05, 0) is 30.9 Å². The molecule has 3 heteroatoms. The Morgan fingerprint density at radius 2 is 1.94 bits per heavy atom. The lowest BCUT2D eigenvalue weighted by molar-refractivity contribution is 0.0635. The molecule has 0 saturated heterocycles. The molecule has 18 heavy (non-hydrogen) atoms. The van der Waals surface area contributed by atoms with Crippen molar-refractivity contribution in [3.63, 3.8) is 0 Å². The van der Waals surface area contributed by atoms with E-state index in [4.69, 9.17) is 15.2 Å². The largest absolute Gasteiger partial charge is 0.491 e. The van der Waals surface area contributed by atoms with E-state index in [1.54, 1.807) is 0 Å². The van der Waals surface area contributed by atoms with E-state index >= 15 is 0 Å². The fourth-order valence-corrected chi connectivity index (χ4v) is 2.43. The summed E-state index contributed by atoms with van der Waals surface area (Å²) < 4.78 is 11.2. The number of anilines is 1. The predicted molar refractivity (Wildman–Crippen MR) is 73.7 cm³/mol. The summed E-state index contributed by atoms with van der Waals surface area (Å²) in [6, 6.07) is 7.50. The smallest absolute Gasteiger partial charge is 0.121 e. The standard InChI is InChI=1S/C15H23NO2/c16-14-7-4-8-15(11-14)18-10-9-17-12-13-5-2-1-3-6-13/h4,7-8,11,13H,1-3,5-6,9-10,12,16H2. The number of hydrogen-bond acceptors (Lipinski definition) is 3.